The summed E-state index contributed by atoms with van der Waals surface area (Å²) in [5.74, 6) is 0. The zero-order valence-corrected chi connectivity index (χ0v) is 20.4. The molecule has 6 heteroatoms. The summed E-state index contributed by atoms with van der Waals surface area (Å²) < 4.78 is 12.9. The molecule has 0 amide bonds. The summed E-state index contributed by atoms with van der Waals surface area (Å²) >= 11 is 0. The van der Waals surface area contributed by atoms with Gasteiger partial charge in [0.05, 0.1) is 12.2 Å². The molecule has 0 saturated carbocycles. The van der Waals surface area contributed by atoms with Crippen molar-refractivity contribution in [3.63, 3.8) is 0 Å². The monoisotopic (exact) mass is 448 g/mol. The van der Waals surface area contributed by atoms with Gasteiger partial charge in [0.1, 0.15) is 0 Å². The molecule has 2 aliphatic heterocycles. The van der Waals surface area contributed by atoms with E-state index < -0.39 is 0 Å². The van der Waals surface area contributed by atoms with Gasteiger partial charge in [0.25, 0.3) is 0 Å². The lowest BCUT2D eigenvalue weighted by atomic mass is 9.63. The number of rotatable bonds is 3. The second-order valence-corrected chi connectivity index (χ2v) is 9.98. The molecule has 6 rings (SSSR count). The molecule has 2 heterocycles. The third kappa shape index (κ3) is 3.57. The lowest BCUT2D eigenvalue weighted by Gasteiger charge is -2.24. The van der Waals surface area contributed by atoms with Gasteiger partial charge in [-0.3, -0.25) is 0 Å². The van der Waals surface area contributed by atoms with E-state index in [1.165, 1.54) is 43.6 Å². The molecule has 0 N–H and O–H groups in total. The molecule has 2 atom stereocenters. The first-order valence-electron chi connectivity index (χ1n) is 12.3. The van der Waals surface area contributed by atoms with Crippen LogP contribution in [0.5, 0.6) is 0 Å². The Kier molecular flexibility index (Phi) is 5.50. The molecule has 0 aliphatic carbocycles. The van der Waals surface area contributed by atoms with Crippen LogP contribution in [0.3, 0.4) is 0 Å². The van der Waals surface area contributed by atoms with Crippen molar-refractivity contribution in [1.29, 1.82) is 0 Å². The van der Waals surface area contributed by atoms with Gasteiger partial charge in [-0.15, -0.1) is 0 Å². The number of likely N-dealkylation sites (N-methyl/N-ethyl adjacent to an activating group) is 2. The number of nitrogens with zero attached hydrogens (tertiary/aromatic N) is 2. The van der Waals surface area contributed by atoms with E-state index in [9.17, 15) is 0 Å². The number of fused-ring (bicyclic) bond motifs is 2. The Hall–Kier alpha value is -2.63. The average Bonchev–Trinajstić information content (AvgIpc) is 3.36. The van der Waals surface area contributed by atoms with Crippen LogP contribution in [-0.2, 0) is 9.31 Å². The van der Waals surface area contributed by atoms with Gasteiger partial charge in [-0.05, 0) is 71.5 Å². The van der Waals surface area contributed by atoms with Crippen LogP contribution in [0, 0.1) is 0 Å². The van der Waals surface area contributed by atoms with Crippen molar-refractivity contribution < 1.29 is 9.31 Å². The van der Waals surface area contributed by atoms with Crippen molar-refractivity contribution >= 4 is 46.6 Å². The summed E-state index contributed by atoms with van der Waals surface area (Å²) in [5, 5.41) is 4.98. The smallest absolute Gasteiger partial charge is 0.414 e. The van der Waals surface area contributed by atoms with Gasteiger partial charge in [0.2, 0.25) is 0 Å². The third-order valence-corrected chi connectivity index (χ3v) is 7.32. The van der Waals surface area contributed by atoms with Crippen LogP contribution in [0.25, 0.3) is 32.7 Å². The molecule has 0 aromatic heterocycles. The molecule has 4 aromatic carbocycles. The predicted octanol–water partition coefficient (Wildman–Crippen LogP) is 3.75. The molecular weight excluding hydrogens is 418 g/mol. The normalized spacial score (nSPS) is 21.9. The van der Waals surface area contributed by atoms with Crippen LogP contribution in [0.1, 0.15) is 13.8 Å². The molecule has 2 aliphatic rings. The van der Waals surface area contributed by atoms with Crippen molar-refractivity contribution in [2.75, 3.05) is 27.2 Å². The maximum Gasteiger partial charge on any atom is 0.419 e. The van der Waals surface area contributed by atoms with E-state index in [-0.39, 0.29) is 26.3 Å². The maximum absolute atomic E-state index is 6.47. The highest BCUT2D eigenvalue weighted by Crippen LogP contribution is 2.34. The molecule has 2 fully saturated rings. The minimum atomic E-state index is -0.0809. The summed E-state index contributed by atoms with van der Waals surface area (Å²) in [6.07, 6.45) is 0.401. The maximum atomic E-state index is 6.47. The first-order valence-corrected chi connectivity index (χ1v) is 12.3. The van der Waals surface area contributed by atoms with Crippen molar-refractivity contribution in [2.24, 2.45) is 0 Å². The number of hydrogen-bond acceptors (Lipinski definition) is 4. The van der Waals surface area contributed by atoms with Crippen LogP contribution in [0.2, 0.25) is 0 Å². The van der Waals surface area contributed by atoms with E-state index in [2.05, 4.69) is 110 Å². The van der Waals surface area contributed by atoms with Crippen LogP contribution in [-0.4, -0.2) is 63.1 Å². The zero-order chi connectivity index (χ0) is 23.4. The molecule has 0 spiro atoms. The molecule has 0 radical (unpaired) electrons. The molecule has 34 heavy (non-hydrogen) atoms. The molecule has 170 valence electrons. The van der Waals surface area contributed by atoms with Crippen LogP contribution >= 0.6 is 0 Å². The summed E-state index contributed by atoms with van der Waals surface area (Å²) in [6, 6.07) is 26.4. The highest BCUT2D eigenvalue weighted by Gasteiger charge is 2.40. The molecule has 4 aromatic rings. The predicted molar refractivity (Wildman–Crippen MR) is 144 cm³/mol. The highest BCUT2D eigenvalue weighted by molar-refractivity contribution is 6.70. The minimum Gasteiger partial charge on any atom is -0.414 e. The van der Waals surface area contributed by atoms with Crippen molar-refractivity contribution in [1.82, 2.24) is 9.62 Å². The van der Waals surface area contributed by atoms with Gasteiger partial charge in [-0.2, -0.15) is 0 Å². The van der Waals surface area contributed by atoms with Crippen LogP contribution in [0.15, 0.2) is 72.8 Å². The highest BCUT2D eigenvalue weighted by atomic mass is 16.5. The third-order valence-electron chi connectivity index (χ3n) is 7.32. The second-order valence-electron chi connectivity index (χ2n) is 9.98. The zero-order valence-electron chi connectivity index (χ0n) is 20.4. The Labute approximate surface area is 202 Å². The lowest BCUT2D eigenvalue weighted by Crippen LogP contribution is -2.46. The first-order chi connectivity index (χ1) is 16.5. The summed E-state index contributed by atoms with van der Waals surface area (Å²) in [7, 11) is 4.16. The lowest BCUT2D eigenvalue weighted by molar-refractivity contribution is 0.267. The second kappa shape index (κ2) is 8.54. The van der Waals surface area contributed by atoms with E-state index in [1.54, 1.807) is 0 Å². The molecular formula is C28H30B2N2O2. The van der Waals surface area contributed by atoms with Gasteiger partial charge >= 0.3 is 14.1 Å². The minimum absolute atomic E-state index is 0.0809. The topological polar surface area (TPSA) is 24.9 Å². The Morgan fingerprint density at radius 2 is 1.03 bits per heavy atom. The Morgan fingerprint density at radius 3 is 1.41 bits per heavy atom. The van der Waals surface area contributed by atoms with Crippen molar-refractivity contribution in [3.8, 4) is 11.1 Å². The summed E-state index contributed by atoms with van der Waals surface area (Å²) in [6.45, 7) is 6.16. The molecule has 0 unspecified atom stereocenters. The van der Waals surface area contributed by atoms with E-state index in [0.29, 0.717) is 0 Å². The molecule has 0 bridgehead atoms. The fourth-order valence-corrected chi connectivity index (χ4v) is 5.90. The Balaban J connectivity index is 1.70. The van der Waals surface area contributed by atoms with E-state index in [0.717, 1.165) is 13.1 Å². The number of benzene rings is 4. The fourth-order valence-electron chi connectivity index (χ4n) is 5.90. The quantitative estimate of drug-likeness (QED) is 0.446. The van der Waals surface area contributed by atoms with Gasteiger partial charge < -0.3 is 18.9 Å². The average molecular weight is 448 g/mol. The van der Waals surface area contributed by atoms with E-state index in [1.807, 2.05) is 0 Å². The van der Waals surface area contributed by atoms with E-state index >= 15 is 0 Å². The summed E-state index contributed by atoms with van der Waals surface area (Å²) in [4.78, 5) is 4.65. The largest absolute Gasteiger partial charge is 0.419 e. The van der Waals surface area contributed by atoms with Crippen LogP contribution in [0.4, 0.5) is 0 Å². The van der Waals surface area contributed by atoms with Crippen LogP contribution < -0.4 is 10.9 Å². The van der Waals surface area contributed by atoms with Gasteiger partial charge in [-0.25, -0.2) is 0 Å². The van der Waals surface area contributed by atoms with E-state index in [4.69, 9.17) is 9.31 Å². The number of hydrogen-bond donors (Lipinski definition) is 0. The Morgan fingerprint density at radius 1 is 0.618 bits per heavy atom. The Bertz CT molecular complexity index is 1270. The van der Waals surface area contributed by atoms with Gasteiger partial charge in [-0.1, -0.05) is 72.8 Å². The van der Waals surface area contributed by atoms with Crippen molar-refractivity contribution in [2.45, 2.75) is 26.1 Å². The fraction of sp³-hybridized carbons (Fsp3) is 0.286. The standard InChI is InChI=1S/C28H30B2N2O2/c1-19-17-31(3)29(33-19)25-15-13-21-9-5-7-11-23(21)27(25)28-24-12-8-6-10-22(24)14-16-26(28)30-32(4)18-20(2)34-30/h5-16,19-20H,17-18H2,1-4H3/t19-,20-/m1/s1. The SMILES string of the molecule is C[C@@H]1CN(C)B(c2ccc3ccccc3c2-c2c(B3O[C@H](C)CN3C)ccc3ccccc23)O1. The van der Waals surface area contributed by atoms with Gasteiger partial charge in [0, 0.05) is 13.1 Å². The first kappa shape index (κ1) is 21.9. The molecule has 4 nitrogen and oxygen atoms in total. The van der Waals surface area contributed by atoms with Gasteiger partial charge in [0.15, 0.2) is 0 Å². The summed E-state index contributed by atoms with van der Waals surface area (Å²) in [5.41, 5.74) is 4.95. The van der Waals surface area contributed by atoms with Crippen molar-refractivity contribution in [3.05, 3.63) is 72.8 Å². The molecule has 2 saturated heterocycles.